The number of aromatic nitrogens is 3. The van der Waals surface area contributed by atoms with Crippen molar-refractivity contribution in [3.63, 3.8) is 0 Å². The Morgan fingerprint density at radius 3 is 2.85 bits per heavy atom. The molecule has 1 aromatic heterocycles. The van der Waals surface area contributed by atoms with Gasteiger partial charge in [0.25, 0.3) is 0 Å². The fraction of sp³-hybridized carbons (Fsp3) is 0.867. The lowest BCUT2D eigenvalue weighted by Crippen LogP contribution is -2.35. The Labute approximate surface area is 127 Å². The van der Waals surface area contributed by atoms with Crippen LogP contribution in [0.15, 0.2) is 6.20 Å². The van der Waals surface area contributed by atoms with E-state index in [-0.39, 0.29) is 0 Å². The molecule has 1 aromatic rings. The normalized spacial score (nSPS) is 18.3. The highest BCUT2D eigenvalue weighted by Gasteiger charge is 2.17. The number of rotatable bonds is 8. The van der Waals surface area contributed by atoms with Crippen LogP contribution >= 0.6 is 11.8 Å². The average Bonchev–Trinajstić information content (AvgIpc) is 2.88. The van der Waals surface area contributed by atoms with E-state index in [4.69, 9.17) is 0 Å². The number of nitrogens with one attached hydrogen (secondary N) is 1. The number of hydrogen-bond donors (Lipinski definition) is 1. The summed E-state index contributed by atoms with van der Waals surface area (Å²) in [6, 6.07) is 0.526. The third-order valence-electron chi connectivity index (χ3n) is 3.87. The molecule has 20 heavy (non-hydrogen) atoms. The molecule has 0 aliphatic heterocycles. The Hall–Kier alpha value is -0.550. The van der Waals surface area contributed by atoms with Gasteiger partial charge in [0.1, 0.15) is 0 Å². The zero-order chi connectivity index (χ0) is 14.2. The molecule has 1 saturated carbocycles. The van der Waals surface area contributed by atoms with Crippen LogP contribution < -0.4 is 5.32 Å². The maximum absolute atomic E-state index is 4.22. The van der Waals surface area contributed by atoms with Crippen molar-refractivity contribution in [3.05, 3.63) is 11.9 Å². The first-order chi connectivity index (χ1) is 9.78. The highest BCUT2D eigenvalue weighted by atomic mass is 32.2. The van der Waals surface area contributed by atoms with Crippen LogP contribution in [-0.4, -0.2) is 38.6 Å². The minimum absolute atomic E-state index is 0.526. The van der Waals surface area contributed by atoms with Crippen LogP contribution in [0.25, 0.3) is 0 Å². The first-order valence-corrected chi connectivity index (χ1v) is 9.03. The molecule has 114 valence electrons. The van der Waals surface area contributed by atoms with Crippen molar-refractivity contribution in [2.75, 3.05) is 12.3 Å². The van der Waals surface area contributed by atoms with Crippen LogP contribution in [-0.2, 0) is 13.5 Å². The van der Waals surface area contributed by atoms with Gasteiger partial charge in [0.15, 0.2) is 0 Å². The molecule has 5 heteroatoms. The molecule has 0 amide bonds. The molecule has 1 fully saturated rings. The lowest BCUT2D eigenvalue weighted by molar-refractivity contribution is 0.511. The summed E-state index contributed by atoms with van der Waals surface area (Å²) in [7, 11) is 1.93. The molecule has 1 atom stereocenters. The Kier molecular flexibility index (Phi) is 6.87. The molecule has 0 saturated heterocycles. The molecule has 1 N–H and O–H groups in total. The van der Waals surface area contributed by atoms with E-state index < -0.39 is 0 Å². The summed E-state index contributed by atoms with van der Waals surface area (Å²) < 4.78 is 1.79. The first kappa shape index (κ1) is 15.8. The van der Waals surface area contributed by atoms with E-state index >= 15 is 0 Å². The average molecular weight is 296 g/mol. The quantitative estimate of drug-likeness (QED) is 0.801. The SMILES string of the molecule is CCCNC(CSC1CCCCC1)Cc1cn(C)nn1. The predicted octanol–water partition coefficient (Wildman–Crippen LogP) is 2.79. The van der Waals surface area contributed by atoms with Gasteiger partial charge in [-0.15, -0.1) is 5.10 Å². The Morgan fingerprint density at radius 2 is 2.20 bits per heavy atom. The highest BCUT2D eigenvalue weighted by molar-refractivity contribution is 7.99. The second-order valence-electron chi connectivity index (χ2n) is 5.83. The standard InChI is InChI=1S/C15H28N4S/c1-3-9-16-14(10-13-11-19(2)18-17-13)12-20-15-7-5-4-6-8-15/h11,14-16H,3-10,12H2,1-2H3. The predicted molar refractivity (Wildman–Crippen MR) is 86.1 cm³/mol. The number of thioether (sulfide) groups is 1. The van der Waals surface area contributed by atoms with Crippen molar-refractivity contribution in [2.24, 2.45) is 7.05 Å². The number of hydrogen-bond acceptors (Lipinski definition) is 4. The Bertz CT molecular complexity index is 374. The number of nitrogens with zero attached hydrogens (tertiary/aromatic N) is 3. The second-order valence-corrected chi connectivity index (χ2v) is 7.17. The molecule has 2 rings (SSSR count). The molecule has 0 bridgehead atoms. The van der Waals surface area contributed by atoms with E-state index in [1.165, 1.54) is 44.3 Å². The summed E-state index contributed by atoms with van der Waals surface area (Å²) in [5, 5.41) is 12.8. The van der Waals surface area contributed by atoms with Crippen LogP contribution in [0.1, 0.15) is 51.1 Å². The lowest BCUT2D eigenvalue weighted by Gasteiger charge is -2.24. The molecule has 1 heterocycles. The summed E-state index contributed by atoms with van der Waals surface area (Å²) >= 11 is 2.16. The maximum Gasteiger partial charge on any atom is 0.0842 e. The lowest BCUT2D eigenvalue weighted by atomic mass is 10.0. The monoisotopic (exact) mass is 296 g/mol. The van der Waals surface area contributed by atoms with Crippen molar-refractivity contribution >= 4 is 11.8 Å². The fourth-order valence-corrected chi connectivity index (χ4v) is 4.17. The zero-order valence-electron chi connectivity index (χ0n) is 12.8. The van der Waals surface area contributed by atoms with E-state index in [0.717, 1.165) is 23.9 Å². The van der Waals surface area contributed by atoms with Gasteiger partial charge in [-0.2, -0.15) is 11.8 Å². The van der Waals surface area contributed by atoms with E-state index in [1.54, 1.807) is 4.68 Å². The summed E-state index contributed by atoms with van der Waals surface area (Å²) in [6.07, 6.45) is 11.3. The Balaban J connectivity index is 1.79. The van der Waals surface area contributed by atoms with Crippen LogP contribution in [0, 0.1) is 0 Å². The smallest absolute Gasteiger partial charge is 0.0842 e. The van der Waals surface area contributed by atoms with Crippen molar-refractivity contribution < 1.29 is 0 Å². The second kappa shape index (κ2) is 8.67. The third kappa shape index (κ3) is 5.44. The molecule has 0 aromatic carbocycles. The summed E-state index contributed by atoms with van der Waals surface area (Å²) in [5.41, 5.74) is 1.10. The zero-order valence-corrected chi connectivity index (χ0v) is 13.7. The fourth-order valence-electron chi connectivity index (χ4n) is 2.76. The van der Waals surface area contributed by atoms with Crippen LogP contribution in [0.4, 0.5) is 0 Å². The van der Waals surface area contributed by atoms with Crippen LogP contribution in [0.2, 0.25) is 0 Å². The molecular weight excluding hydrogens is 268 g/mol. The number of aryl methyl sites for hydroxylation is 1. The third-order valence-corrected chi connectivity index (χ3v) is 5.41. The van der Waals surface area contributed by atoms with Gasteiger partial charge < -0.3 is 5.32 Å². The largest absolute Gasteiger partial charge is 0.313 e. The van der Waals surface area contributed by atoms with E-state index in [0.29, 0.717) is 6.04 Å². The molecule has 1 aliphatic rings. The molecule has 4 nitrogen and oxygen atoms in total. The van der Waals surface area contributed by atoms with E-state index in [2.05, 4.69) is 34.3 Å². The maximum atomic E-state index is 4.22. The van der Waals surface area contributed by atoms with Crippen LogP contribution in [0.3, 0.4) is 0 Å². The van der Waals surface area contributed by atoms with Gasteiger partial charge in [-0.3, -0.25) is 4.68 Å². The van der Waals surface area contributed by atoms with Gasteiger partial charge in [0, 0.05) is 36.7 Å². The van der Waals surface area contributed by atoms with Gasteiger partial charge in [0.05, 0.1) is 5.69 Å². The van der Waals surface area contributed by atoms with Gasteiger partial charge >= 0.3 is 0 Å². The molecule has 1 unspecified atom stereocenters. The van der Waals surface area contributed by atoms with Gasteiger partial charge in [0.2, 0.25) is 0 Å². The molecule has 1 aliphatic carbocycles. The van der Waals surface area contributed by atoms with E-state index in [1.807, 2.05) is 13.2 Å². The van der Waals surface area contributed by atoms with Crippen molar-refractivity contribution in [1.29, 1.82) is 0 Å². The van der Waals surface area contributed by atoms with Gasteiger partial charge in [-0.25, -0.2) is 0 Å². The molecule has 0 radical (unpaired) electrons. The highest BCUT2D eigenvalue weighted by Crippen LogP contribution is 2.28. The van der Waals surface area contributed by atoms with Crippen molar-refractivity contribution in [1.82, 2.24) is 20.3 Å². The minimum Gasteiger partial charge on any atom is -0.313 e. The topological polar surface area (TPSA) is 42.7 Å². The summed E-state index contributed by atoms with van der Waals surface area (Å²) in [6.45, 7) is 3.32. The van der Waals surface area contributed by atoms with Crippen molar-refractivity contribution in [2.45, 2.75) is 63.2 Å². The first-order valence-electron chi connectivity index (χ1n) is 7.98. The van der Waals surface area contributed by atoms with Crippen LogP contribution in [0.5, 0.6) is 0 Å². The summed E-state index contributed by atoms with van der Waals surface area (Å²) in [4.78, 5) is 0. The molecule has 0 spiro atoms. The minimum atomic E-state index is 0.526. The summed E-state index contributed by atoms with van der Waals surface area (Å²) in [5.74, 6) is 1.20. The molecular formula is C15H28N4S. The Morgan fingerprint density at radius 1 is 1.40 bits per heavy atom. The van der Waals surface area contributed by atoms with E-state index in [9.17, 15) is 0 Å². The van der Waals surface area contributed by atoms with Gasteiger partial charge in [-0.05, 0) is 25.8 Å². The van der Waals surface area contributed by atoms with Gasteiger partial charge in [-0.1, -0.05) is 31.4 Å². The van der Waals surface area contributed by atoms with Crippen molar-refractivity contribution in [3.8, 4) is 0 Å².